The van der Waals surface area contributed by atoms with Gasteiger partial charge in [0.2, 0.25) is 5.88 Å². The van der Waals surface area contributed by atoms with E-state index in [0.29, 0.717) is 6.61 Å². The molecule has 0 N–H and O–H groups in total. The second-order valence-electron chi connectivity index (χ2n) is 1.73. The third kappa shape index (κ3) is 3.07. The second kappa shape index (κ2) is 5.77. The van der Waals surface area contributed by atoms with Gasteiger partial charge >= 0.3 is 0 Å². The molecule has 1 heterocycles. The van der Waals surface area contributed by atoms with Crippen LogP contribution in [0, 0.1) is 0 Å². The lowest BCUT2D eigenvalue weighted by atomic mass is 10.7. The van der Waals surface area contributed by atoms with Crippen molar-refractivity contribution >= 4 is 0 Å². The second-order valence-corrected chi connectivity index (χ2v) is 1.73. The summed E-state index contributed by atoms with van der Waals surface area (Å²) in [4.78, 5) is 0. The Morgan fingerprint density at radius 1 is 1.55 bits per heavy atom. The van der Waals surface area contributed by atoms with Gasteiger partial charge in [-0.05, 0) is 6.92 Å². The minimum Gasteiger partial charge on any atom is -0.478 e. The van der Waals surface area contributed by atoms with Crippen LogP contribution in [0.4, 0.5) is 0 Å². The minimum atomic E-state index is 0.694. The highest BCUT2D eigenvalue weighted by atomic mass is 16.5. The van der Waals surface area contributed by atoms with Crippen LogP contribution in [-0.2, 0) is 7.05 Å². The Bertz CT molecular complexity index is 184. The molecular weight excluding hydrogens is 140 g/mol. The number of aryl methyl sites for hydroxylation is 1. The minimum absolute atomic E-state index is 0.694. The summed E-state index contributed by atoms with van der Waals surface area (Å²) in [6.45, 7) is 6.65. The Kier molecular flexibility index (Phi) is 5.25. The molecule has 0 saturated carbocycles. The number of hydrogen-bond acceptors (Lipinski definition) is 2. The van der Waals surface area contributed by atoms with Crippen molar-refractivity contribution in [1.29, 1.82) is 0 Å². The maximum Gasteiger partial charge on any atom is 0.211 e. The zero-order valence-corrected chi connectivity index (χ0v) is 7.66. The summed E-state index contributed by atoms with van der Waals surface area (Å²) in [6.07, 6.45) is 1.71. The summed E-state index contributed by atoms with van der Waals surface area (Å²) in [6, 6.07) is 1.84. The molecule has 0 aliphatic heterocycles. The van der Waals surface area contributed by atoms with Crippen molar-refractivity contribution in [2.24, 2.45) is 7.05 Å². The molecular formula is C8H16N2O. The average molecular weight is 156 g/mol. The molecule has 0 radical (unpaired) electrons. The first kappa shape index (κ1) is 10.0. The predicted molar refractivity (Wildman–Crippen MR) is 45.7 cm³/mol. The van der Waals surface area contributed by atoms with Crippen LogP contribution in [0.25, 0.3) is 0 Å². The summed E-state index contributed by atoms with van der Waals surface area (Å²) in [5.41, 5.74) is 0. The van der Waals surface area contributed by atoms with E-state index in [4.69, 9.17) is 4.74 Å². The highest BCUT2D eigenvalue weighted by Gasteiger charge is 1.93. The van der Waals surface area contributed by atoms with Gasteiger partial charge in [0.05, 0.1) is 12.8 Å². The van der Waals surface area contributed by atoms with Gasteiger partial charge in [0, 0.05) is 13.1 Å². The fourth-order valence-corrected chi connectivity index (χ4v) is 0.651. The van der Waals surface area contributed by atoms with Crippen LogP contribution >= 0.6 is 0 Å². The van der Waals surface area contributed by atoms with E-state index in [1.165, 1.54) is 0 Å². The normalized spacial score (nSPS) is 8.36. The molecule has 1 aromatic heterocycles. The van der Waals surface area contributed by atoms with E-state index in [0.717, 1.165) is 5.88 Å². The molecule has 3 heteroatoms. The maximum absolute atomic E-state index is 5.18. The van der Waals surface area contributed by atoms with Crippen molar-refractivity contribution in [3.63, 3.8) is 0 Å². The Hall–Kier alpha value is -0.990. The quantitative estimate of drug-likeness (QED) is 0.653. The number of rotatable bonds is 2. The summed E-state index contributed by atoms with van der Waals surface area (Å²) in [5, 5.41) is 3.93. The molecule has 0 atom stereocenters. The smallest absolute Gasteiger partial charge is 0.211 e. The topological polar surface area (TPSA) is 27.1 Å². The van der Waals surface area contributed by atoms with E-state index in [2.05, 4.69) is 5.10 Å². The summed E-state index contributed by atoms with van der Waals surface area (Å²) in [7, 11) is 1.85. The standard InChI is InChI=1S/C6H10N2O.C2H6/c1-3-9-6-4-5-7-8(6)2;1-2/h4-5H,3H2,1-2H3;1-2H3. The van der Waals surface area contributed by atoms with Gasteiger partial charge in [-0.2, -0.15) is 5.10 Å². The largest absolute Gasteiger partial charge is 0.478 e. The van der Waals surface area contributed by atoms with Crippen molar-refractivity contribution in [2.45, 2.75) is 20.8 Å². The molecule has 11 heavy (non-hydrogen) atoms. The fraction of sp³-hybridized carbons (Fsp3) is 0.625. The first-order valence-electron chi connectivity index (χ1n) is 3.95. The van der Waals surface area contributed by atoms with E-state index in [1.807, 2.05) is 33.9 Å². The van der Waals surface area contributed by atoms with Gasteiger partial charge < -0.3 is 4.74 Å². The predicted octanol–water partition coefficient (Wildman–Crippen LogP) is 1.84. The lowest BCUT2D eigenvalue weighted by molar-refractivity contribution is 0.309. The first-order chi connectivity index (χ1) is 5.34. The van der Waals surface area contributed by atoms with Gasteiger partial charge in [0.1, 0.15) is 0 Å². The molecule has 0 saturated heterocycles. The Labute approximate surface area is 68.0 Å². The fourth-order valence-electron chi connectivity index (χ4n) is 0.651. The molecule has 0 spiro atoms. The summed E-state index contributed by atoms with van der Waals surface area (Å²) >= 11 is 0. The van der Waals surface area contributed by atoms with Gasteiger partial charge in [-0.15, -0.1) is 0 Å². The van der Waals surface area contributed by atoms with Crippen LogP contribution in [0.3, 0.4) is 0 Å². The van der Waals surface area contributed by atoms with Gasteiger partial charge in [0.15, 0.2) is 0 Å². The number of aromatic nitrogens is 2. The van der Waals surface area contributed by atoms with E-state index in [1.54, 1.807) is 10.9 Å². The van der Waals surface area contributed by atoms with Crippen LogP contribution in [0.5, 0.6) is 5.88 Å². The highest BCUT2D eigenvalue weighted by Crippen LogP contribution is 2.05. The van der Waals surface area contributed by atoms with E-state index < -0.39 is 0 Å². The van der Waals surface area contributed by atoms with Crippen molar-refractivity contribution < 1.29 is 4.74 Å². The molecule has 64 valence electrons. The number of hydrogen-bond donors (Lipinski definition) is 0. The van der Waals surface area contributed by atoms with Crippen molar-refractivity contribution in [3.8, 4) is 5.88 Å². The zero-order chi connectivity index (χ0) is 8.69. The van der Waals surface area contributed by atoms with Crippen LogP contribution in [0.15, 0.2) is 12.3 Å². The third-order valence-corrected chi connectivity index (χ3v) is 1.07. The molecule has 0 fully saturated rings. The molecule has 0 aromatic carbocycles. The molecule has 1 rings (SSSR count). The Morgan fingerprint density at radius 2 is 2.18 bits per heavy atom. The number of nitrogens with zero attached hydrogens (tertiary/aromatic N) is 2. The lowest BCUT2D eigenvalue weighted by Gasteiger charge is -1.99. The van der Waals surface area contributed by atoms with Crippen molar-refractivity contribution in [2.75, 3.05) is 6.61 Å². The molecule has 0 bridgehead atoms. The van der Waals surface area contributed by atoms with Crippen molar-refractivity contribution in [3.05, 3.63) is 12.3 Å². The van der Waals surface area contributed by atoms with Crippen LogP contribution < -0.4 is 4.74 Å². The first-order valence-corrected chi connectivity index (χ1v) is 3.95. The molecule has 0 aliphatic carbocycles. The molecule has 0 aliphatic rings. The molecule has 3 nitrogen and oxygen atoms in total. The van der Waals surface area contributed by atoms with Crippen molar-refractivity contribution in [1.82, 2.24) is 9.78 Å². The SMILES string of the molecule is CC.CCOc1ccnn1C. The number of ether oxygens (including phenoxy) is 1. The maximum atomic E-state index is 5.18. The Morgan fingerprint density at radius 3 is 2.55 bits per heavy atom. The van der Waals surface area contributed by atoms with E-state index in [-0.39, 0.29) is 0 Å². The van der Waals surface area contributed by atoms with E-state index >= 15 is 0 Å². The average Bonchev–Trinajstić information content (AvgIpc) is 2.42. The third-order valence-electron chi connectivity index (χ3n) is 1.07. The lowest BCUT2D eigenvalue weighted by Crippen LogP contribution is -1.98. The summed E-state index contributed by atoms with van der Waals surface area (Å²) in [5.74, 6) is 0.817. The highest BCUT2D eigenvalue weighted by molar-refractivity contribution is 5.06. The molecule has 0 amide bonds. The molecule has 1 aromatic rings. The monoisotopic (exact) mass is 156 g/mol. The Balaban J connectivity index is 0.000000461. The van der Waals surface area contributed by atoms with Crippen LogP contribution in [-0.4, -0.2) is 16.4 Å². The van der Waals surface area contributed by atoms with Gasteiger partial charge in [0.25, 0.3) is 0 Å². The van der Waals surface area contributed by atoms with Gasteiger partial charge in [-0.3, -0.25) is 0 Å². The van der Waals surface area contributed by atoms with Crippen LogP contribution in [0.2, 0.25) is 0 Å². The van der Waals surface area contributed by atoms with Gasteiger partial charge in [-0.1, -0.05) is 13.8 Å². The van der Waals surface area contributed by atoms with Crippen LogP contribution in [0.1, 0.15) is 20.8 Å². The summed E-state index contributed by atoms with van der Waals surface area (Å²) < 4.78 is 6.88. The zero-order valence-electron chi connectivity index (χ0n) is 7.66. The van der Waals surface area contributed by atoms with Gasteiger partial charge in [-0.25, -0.2) is 4.68 Å². The van der Waals surface area contributed by atoms with E-state index in [9.17, 15) is 0 Å². The molecule has 0 unspecified atom stereocenters.